The molecule has 0 fully saturated rings. The highest BCUT2D eigenvalue weighted by Gasteiger charge is 2.15. The maximum atomic E-state index is 12.0. The number of nitrogens with one attached hydrogen (secondary N) is 1. The molecule has 4 nitrogen and oxygen atoms in total. The summed E-state index contributed by atoms with van der Waals surface area (Å²) < 4.78 is 0. The Balaban J connectivity index is 2.08. The Labute approximate surface area is 128 Å². The number of halogens is 1. The maximum absolute atomic E-state index is 12.0. The van der Waals surface area contributed by atoms with Gasteiger partial charge in [0.15, 0.2) is 0 Å². The molecular formula is C16H15ClN2O2. The largest absolute Gasteiger partial charge is 0.325 e. The zero-order chi connectivity index (χ0) is 15.2. The molecule has 0 unspecified atom stereocenters. The van der Waals surface area contributed by atoms with Crippen molar-refractivity contribution in [3.63, 3.8) is 0 Å². The number of rotatable bonds is 4. The molecule has 0 saturated heterocycles. The first-order chi connectivity index (χ1) is 10.1. The molecule has 0 aliphatic heterocycles. The van der Waals surface area contributed by atoms with Crippen molar-refractivity contribution < 1.29 is 9.59 Å². The van der Waals surface area contributed by atoms with E-state index in [0.717, 1.165) is 0 Å². The number of para-hydroxylation sites is 1. The summed E-state index contributed by atoms with van der Waals surface area (Å²) >= 11 is 5.83. The van der Waals surface area contributed by atoms with Crippen LogP contribution in [0.25, 0.3) is 0 Å². The summed E-state index contributed by atoms with van der Waals surface area (Å²) in [6.07, 6.45) is 0. The monoisotopic (exact) mass is 302 g/mol. The van der Waals surface area contributed by atoms with Crippen molar-refractivity contribution in [2.45, 2.75) is 6.92 Å². The van der Waals surface area contributed by atoms with Gasteiger partial charge >= 0.3 is 0 Å². The molecule has 108 valence electrons. The predicted molar refractivity (Wildman–Crippen MR) is 84.6 cm³/mol. The van der Waals surface area contributed by atoms with Crippen molar-refractivity contribution in [2.24, 2.45) is 0 Å². The Hall–Kier alpha value is -2.33. The Bertz CT molecular complexity index is 626. The Morgan fingerprint density at radius 3 is 2.24 bits per heavy atom. The summed E-state index contributed by atoms with van der Waals surface area (Å²) in [7, 11) is 0. The number of hydrogen-bond acceptors (Lipinski definition) is 2. The lowest BCUT2D eigenvalue weighted by molar-refractivity contribution is -0.120. The van der Waals surface area contributed by atoms with Crippen molar-refractivity contribution in [1.29, 1.82) is 0 Å². The van der Waals surface area contributed by atoms with E-state index >= 15 is 0 Å². The van der Waals surface area contributed by atoms with Crippen molar-refractivity contribution in [1.82, 2.24) is 0 Å². The average molecular weight is 303 g/mol. The molecule has 21 heavy (non-hydrogen) atoms. The highest BCUT2D eigenvalue weighted by Crippen LogP contribution is 2.18. The maximum Gasteiger partial charge on any atom is 0.244 e. The first-order valence-electron chi connectivity index (χ1n) is 6.45. The SMILES string of the molecule is CC(=O)N(CC(=O)Nc1ccccc1)c1ccc(Cl)cc1. The zero-order valence-electron chi connectivity index (χ0n) is 11.5. The minimum Gasteiger partial charge on any atom is -0.325 e. The van der Waals surface area contributed by atoms with Crippen LogP contribution < -0.4 is 10.2 Å². The molecule has 2 rings (SSSR count). The number of hydrogen-bond donors (Lipinski definition) is 1. The highest BCUT2D eigenvalue weighted by molar-refractivity contribution is 6.30. The number of carbonyl (C=O) groups excluding carboxylic acids is 2. The van der Waals surface area contributed by atoms with E-state index < -0.39 is 0 Å². The molecular weight excluding hydrogens is 288 g/mol. The lowest BCUT2D eigenvalue weighted by Crippen LogP contribution is -2.36. The van der Waals surface area contributed by atoms with E-state index in [9.17, 15) is 9.59 Å². The van der Waals surface area contributed by atoms with Crippen LogP contribution in [0.3, 0.4) is 0 Å². The Morgan fingerprint density at radius 2 is 1.67 bits per heavy atom. The van der Waals surface area contributed by atoms with Gasteiger partial charge in [0.05, 0.1) is 0 Å². The van der Waals surface area contributed by atoms with Gasteiger partial charge in [-0.05, 0) is 36.4 Å². The molecule has 0 aliphatic rings. The molecule has 0 spiro atoms. The number of carbonyl (C=O) groups is 2. The molecule has 0 radical (unpaired) electrons. The fourth-order valence-corrected chi connectivity index (χ4v) is 2.00. The van der Waals surface area contributed by atoms with Crippen LogP contribution in [0.2, 0.25) is 5.02 Å². The highest BCUT2D eigenvalue weighted by atomic mass is 35.5. The molecule has 0 heterocycles. The first kappa shape index (κ1) is 15.1. The summed E-state index contributed by atoms with van der Waals surface area (Å²) in [5, 5.41) is 3.33. The van der Waals surface area contributed by atoms with Crippen molar-refractivity contribution >= 4 is 34.8 Å². The van der Waals surface area contributed by atoms with Crippen LogP contribution in [0.1, 0.15) is 6.92 Å². The van der Waals surface area contributed by atoms with E-state index in [2.05, 4.69) is 5.32 Å². The summed E-state index contributed by atoms with van der Waals surface area (Å²) in [4.78, 5) is 25.2. The van der Waals surface area contributed by atoms with Crippen LogP contribution in [0, 0.1) is 0 Å². The minimum atomic E-state index is -0.258. The van der Waals surface area contributed by atoms with Gasteiger partial charge in [-0.1, -0.05) is 29.8 Å². The molecule has 2 aromatic rings. The standard InChI is InChI=1S/C16H15ClN2O2/c1-12(20)19(15-9-7-13(17)8-10-15)11-16(21)18-14-5-3-2-4-6-14/h2-10H,11H2,1H3,(H,18,21). The average Bonchev–Trinajstić information content (AvgIpc) is 2.47. The quantitative estimate of drug-likeness (QED) is 0.942. The van der Waals surface area contributed by atoms with Gasteiger partial charge in [-0.3, -0.25) is 9.59 Å². The smallest absolute Gasteiger partial charge is 0.244 e. The predicted octanol–water partition coefficient (Wildman–Crippen LogP) is 3.33. The van der Waals surface area contributed by atoms with E-state index in [-0.39, 0.29) is 18.4 Å². The van der Waals surface area contributed by atoms with Gasteiger partial charge in [-0.15, -0.1) is 0 Å². The van der Waals surface area contributed by atoms with Gasteiger partial charge in [0, 0.05) is 23.3 Å². The summed E-state index contributed by atoms with van der Waals surface area (Å²) in [6.45, 7) is 1.37. The molecule has 5 heteroatoms. The Kier molecular flexibility index (Phi) is 4.95. The van der Waals surface area contributed by atoms with Crippen LogP contribution >= 0.6 is 11.6 Å². The molecule has 0 saturated carbocycles. The van der Waals surface area contributed by atoms with E-state index in [0.29, 0.717) is 16.4 Å². The Morgan fingerprint density at radius 1 is 1.05 bits per heavy atom. The number of amides is 2. The van der Waals surface area contributed by atoms with Gasteiger partial charge in [0.2, 0.25) is 11.8 Å². The zero-order valence-corrected chi connectivity index (χ0v) is 12.3. The molecule has 2 aromatic carbocycles. The first-order valence-corrected chi connectivity index (χ1v) is 6.82. The van der Waals surface area contributed by atoms with E-state index in [1.165, 1.54) is 11.8 Å². The van der Waals surface area contributed by atoms with Crippen LogP contribution in [-0.4, -0.2) is 18.4 Å². The summed E-state index contributed by atoms with van der Waals surface area (Å²) in [5.74, 6) is -0.466. The summed E-state index contributed by atoms with van der Waals surface area (Å²) in [5.41, 5.74) is 1.33. The third-order valence-electron chi connectivity index (χ3n) is 2.88. The van der Waals surface area contributed by atoms with Crippen molar-refractivity contribution in [3.05, 3.63) is 59.6 Å². The summed E-state index contributed by atoms with van der Waals surface area (Å²) in [6, 6.07) is 15.9. The van der Waals surface area contributed by atoms with E-state index in [1.54, 1.807) is 36.4 Å². The van der Waals surface area contributed by atoms with Crippen LogP contribution in [0.4, 0.5) is 11.4 Å². The van der Waals surface area contributed by atoms with Crippen molar-refractivity contribution in [2.75, 3.05) is 16.8 Å². The van der Waals surface area contributed by atoms with Gasteiger partial charge in [0.25, 0.3) is 0 Å². The lowest BCUT2D eigenvalue weighted by atomic mass is 10.2. The van der Waals surface area contributed by atoms with Crippen molar-refractivity contribution in [3.8, 4) is 0 Å². The minimum absolute atomic E-state index is 0.0497. The third-order valence-corrected chi connectivity index (χ3v) is 3.13. The molecule has 0 aromatic heterocycles. The second-order valence-electron chi connectivity index (χ2n) is 4.50. The topological polar surface area (TPSA) is 49.4 Å². The third kappa shape index (κ3) is 4.33. The van der Waals surface area contributed by atoms with Gasteiger partial charge in [0.1, 0.15) is 6.54 Å². The molecule has 1 N–H and O–H groups in total. The normalized spacial score (nSPS) is 10.0. The van der Waals surface area contributed by atoms with Crippen LogP contribution in [-0.2, 0) is 9.59 Å². The lowest BCUT2D eigenvalue weighted by Gasteiger charge is -2.20. The molecule has 0 aliphatic carbocycles. The fourth-order valence-electron chi connectivity index (χ4n) is 1.87. The second kappa shape index (κ2) is 6.90. The van der Waals surface area contributed by atoms with Crippen LogP contribution in [0.5, 0.6) is 0 Å². The van der Waals surface area contributed by atoms with E-state index in [1.807, 2.05) is 18.2 Å². The fraction of sp³-hybridized carbons (Fsp3) is 0.125. The van der Waals surface area contributed by atoms with Gasteiger partial charge < -0.3 is 10.2 Å². The van der Waals surface area contributed by atoms with Gasteiger partial charge in [-0.2, -0.15) is 0 Å². The van der Waals surface area contributed by atoms with E-state index in [4.69, 9.17) is 11.6 Å². The van der Waals surface area contributed by atoms with Gasteiger partial charge in [-0.25, -0.2) is 0 Å². The number of benzene rings is 2. The molecule has 0 bridgehead atoms. The number of nitrogens with zero attached hydrogens (tertiary/aromatic N) is 1. The molecule has 2 amide bonds. The molecule has 0 atom stereocenters. The van der Waals surface area contributed by atoms with Crippen LogP contribution in [0.15, 0.2) is 54.6 Å². The number of anilines is 2. The second-order valence-corrected chi connectivity index (χ2v) is 4.93.